The molecule has 28 heavy (non-hydrogen) atoms. The number of benzene rings is 3. The molecule has 0 saturated heterocycles. The van der Waals surface area contributed by atoms with Gasteiger partial charge < -0.3 is 0 Å². The predicted octanol–water partition coefficient (Wildman–Crippen LogP) is 5.79. The first-order valence-electron chi connectivity index (χ1n) is 9.93. The van der Waals surface area contributed by atoms with Gasteiger partial charge in [-0.2, -0.15) is 0 Å². The molecule has 138 valence electrons. The van der Waals surface area contributed by atoms with E-state index in [0.29, 0.717) is 0 Å². The van der Waals surface area contributed by atoms with E-state index in [1.165, 1.54) is 28.7 Å². The van der Waals surface area contributed by atoms with Crippen LogP contribution in [0.15, 0.2) is 72.8 Å². The molecule has 3 aromatic carbocycles. The quantitative estimate of drug-likeness (QED) is 0.396. The summed E-state index contributed by atoms with van der Waals surface area (Å²) in [5, 5.41) is 0. The first-order valence-corrected chi connectivity index (χ1v) is 9.93. The van der Waals surface area contributed by atoms with Gasteiger partial charge in [0.25, 0.3) is 0 Å². The molecule has 1 heterocycles. The van der Waals surface area contributed by atoms with Crippen molar-refractivity contribution < 1.29 is 0 Å². The van der Waals surface area contributed by atoms with Crippen LogP contribution in [0.25, 0.3) is 12.2 Å². The van der Waals surface area contributed by atoms with E-state index >= 15 is 0 Å². The molecule has 1 heteroatoms. The van der Waals surface area contributed by atoms with Crippen molar-refractivity contribution in [2.45, 2.75) is 25.9 Å². The molecule has 0 unspecified atom stereocenters. The maximum Gasteiger partial charge on any atom is 0.0315 e. The minimum atomic E-state index is 0.932. The van der Waals surface area contributed by atoms with Gasteiger partial charge in [-0.25, -0.2) is 0 Å². The van der Waals surface area contributed by atoms with Gasteiger partial charge in [-0.05, 0) is 53.3 Å². The van der Waals surface area contributed by atoms with E-state index in [2.05, 4.69) is 77.6 Å². The summed E-state index contributed by atoms with van der Waals surface area (Å²) in [5.41, 5.74) is 7.61. The molecule has 0 bridgehead atoms. The lowest BCUT2D eigenvalue weighted by Crippen LogP contribution is -2.18. The minimum Gasteiger partial charge on any atom is -0.295 e. The highest BCUT2D eigenvalue weighted by atomic mass is 15.1. The van der Waals surface area contributed by atoms with Crippen molar-refractivity contribution in [2.75, 3.05) is 6.54 Å². The minimum absolute atomic E-state index is 0.932. The van der Waals surface area contributed by atoms with E-state index in [1.807, 2.05) is 18.2 Å². The summed E-state index contributed by atoms with van der Waals surface area (Å²) in [6.45, 7) is 3.32. The molecule has 3 aromatic rings. The molecule has 1 aliphatic rings. The molecule has 0 fully saturated rings. The van der Waals surface area contributed by atoms with Crippen LogP contribution in [-0.2, 0) is 19.5 Å². The maximum atomic E-state index is 5.59. The second-order valence-electron chi connectivity index (χ2n) is 7.39. The zero-order valence-electron chi connectivity index (χ0n) is 16.1. The van der Waals surface area contributed by atoms with Gasteiger partial charge in [-0.15, -0.1) is 6.42 Å². The van der Waals surface area contributed by atoms with Gasteiger partial charge in [0.15, 0.2) is 0 Å². The Hall–Kier alpha value is -3.08. The SMILES string of the molecule is C#Cc1ccccc1/C=C/c1cccc(CCCN2Cc3ccccc3C2)c1. The lowest BCUT2D eigenvalue weighted by atomic mass is 10.0. The molecule has 0 amide bonds. The third-order valence-corrected chi connectivity index (χ3v) is 5.37. The molecule has 1 nitrogen and oxygen atoms in total. The van der Waals surface area contributed by atoms with Gasteiger partial charge in [0, 0.05) is 18.7 Å². The fraction of sp³-hybridized carbons (Fsp3) is 0.185. The summed E-state index contributed by atoms with van der Waals surface area (Å²) in [4.78, 5) is 2.55. The molecule has 0 aromatic heterocycles. The monoisotopic (exact) mass is 363 g/mol. The first kappa shape index (κ1) is 18.3. The van der Waals surface area contributed by atoms with Crippen LogP contribution >= 0.6 is 0 Å². The lowest BCUT2D eigenvalue weighted by molar-refractivity contribution is 0.280. The van der Waals surface area contributed by atoms with Crippen molar-refractivity contribution >= 4 is 12.2 Å². The molecule has 1 aliphatic heterocycles. The fourth-order valence-corrected chi connectivity index (χ4v) is 3.88. The van der Waals surface area contributed by atoms with Crippen LogP contribution in [0.2, 0.25) is 0 Å². The van der Waals surface area contributed by atoms with Crippen LogP contribution in [0.1, 0.15) is 39.8 Å². The van der Waals surface area contributed by atoms with Crippen molar-refractivity contribution in [2.24, 2.45) is 0 Å². The fourth-order valence-electron chi connectivity index (χ4n) is 3.88. The Balaban J connectivity index is 1.33. The first-order chi connectivity index (χ1) is 13.8. The number of nitrogens with zero attached hydrogens (tertiary/aromatic N) is 1. The van der Waals surface area contributed by atoms with Gasteiger partial charge in [0.05, 0.1) is 0 Å². The number of terminal acetylenes is 1. The van der Waals surface area contributed by atoms with Crippen LogP contribution in [0.3, 0.4) is 0 Å². The number of hydrogen-bond donors (Lipinski definition) is 0. The van der Waals surface area contributed by atoms with Crippen LogP contribution in [0, 0.1) is 12.3 Å². The van der Waals surface area contributed by atoms with Crippen LogP contribution < -0.4 is 0 Å². The van der Waals surface area contributed by atoms with Crippen LogP contribution in [-0.4, -0.2) is 11.4 Å². The second-order valence-corrected chi connectivity index (χ2v) is 7.39. The highest BCUT2D eigenvalue weighted by Crippen LogP contribution is 2.22. The van der Waals surface area contributed by atoms with Gasteiger partial charge in [0.2, 0.25) is 0 Å². The van der Waals surface area contributed by atoms with Crippen molar-refractivity contribution in [3.05, 3.63) is 106 Å². The Morgan fingerprint density at radius 3 is 2.39 bits per heavy atom. The van der Waals surface area contributed by atoms with Gasteiger partial charge in [-0.1, -0.05) is 84.8 Å². The zero-order chi connectivity index (χ0) is 19.2. The number of aryl methyl sites for hydroxylation is 1. The maximum absolute atomic E-state index is 5.59. The zero-order valence-corrected chi connectivity index (χ0v) is 16.1. The van der Waals surface area contributed by atoms with Crippen molar-refractivity contribution in [1.82, 2.24) is 4.90 Å². The van der Waals surface area contributed by atoms with Crippen LogP contribution in [0.4, 0.5) is 0 Å². The summed E-state index contributed by atoms with van der Waals surface area (Å²) in [6, 6.07) is 25.6. The number of rotatable bonds is 6. The summed E-state index contributed by atoms with van der Waals surface area (Å²) < 4.78 is 0. The molecule has 0 radical (unpaired) electrons. The average molecular weight is 364 g/mol. The van der Waals surface area contributed by atoms with Gasteiger partial charge in [0.1, 0.15) is 0 Å². The summed E-state index contributed by atoms with van der Waals surface area (Å²) >= 11 is 0. The van der Waals surface area contributed by atoms with Gasteiger partial charge >= 0.3 is 0 Å². The van der Waals surface area contributed by atoms with E-state index in [9.17, 15) is 0 Å². The molecule has 0 N–H and O–H groups in total. The Kier molecular flexibility index (Phi) is 5.71. The van der Waals surface area contributed by atoms with Crippen molar-refractivity contribution in [1.29, 1.82) is 0 Å². The normalized spacial score (nSPS) is 13.5. The third kappa shape index (κ3) is 4.42. The second kappa shape index (κ2) is 8.74. The standard InChI is InChI=1S/C27H25N/c1-2-24-12-3-4-13-25(24)17-16-23-10-7-9-22(19-23)11-8-18-28-20-26-14-5-6-15-27(26)21-28/h1,3-7,9-10,12-17,19H,8,11,18,20-21H2/b17-16+. The average Bonchev–Trinajstić information content (AvgIpc) is 3.15. The van der Waals surface area contributed by atoms with E-state index in [4.69, 9.17) is 6.42 Å². The highest BCUT2D eigenvalue weighted by Gasteiger charge is 2.17. The summed E-state index contributed by atoms with van der Waals surface area (Å²) in [5.74, 6) is 2.75. The topological polar surface area (TPSA) is 3.24 Å². The van der Waals surface area contributed by atoms with E-state index in [0.717, 1.165) is 37.2 Å². The number of hydrogen-bond acceptors (Lipinski definition) is 1. The molecule has 0 aliphatic carbocycles. The molecule has 0 saturated carbocycles. The van der Waals surface area contributed by atoms with E-state index in [1.54, 1.807) is 0 Å². The number of fused-ring (bicyclic) bond motifs is 1. The molecular formula is C27H25N. The molecule has 4 rings (SSSR count). The largest absolute Gasteiger partial charge is 0.295 e. The Morgan fingerprint density at radius 2 is 1.61 bits per heavy atom. The Morgan fingerprint density at radius 1 is 0.857 bits per heavy atom. The predicted molar refractivity (Wildman–Crippen MR) is 119 cm³/mol. The van der Waals surface area contributed by atoms with E-state index in [-0.39, 0.29) is 0 Å². The Bertz CT molecular complexity index is 997. The van der Waals surface area contributed by atoms with Crippen molar-refractivity contribution in [3.8, 4) is 12.3 Å². The molecule has 0 atom stereocenters. The smallest absolute Gasteiger partial charge is 0.0315 e. The lowest BCUT2D eigenvalue weighted by Gasteiger charge is -2.14. The van der Waals surface area contributed by atoms with Gasteiger partial charge in [-0.3, -0.25) is 4.90 Å². The van der Waals surface area contributed by atoms with Crippen molar-refractivity contribution in [3.63, 3.8) is 0 Å². The Labute approximate surface area is 168 Å². The van der Waals surface area contributed by atoms with E-state index < -0.39 is 0 Å². The molecular weight excluding hydrogens is 338 g/mol. The summed E-state index contributed by atoms with van der Waals surface area (Å²) in [7, 11) is 0. The highest BCUT2D eigenvalue weighted by molar-refractivity contribution is 5.72. The third-order valence-electron chi connectivity index (χ3n) is 5.37. The molecule has 0 spiro atoms. The summed E-state index contributed by atoms with van der Waals surface area (Å²) in [6.07, 6.45) is 12.1. The van der Waals surface area contributed by atoms with Crippen LogP contribution in [0.5, 0.6) is 0 Å².